The van der Waals surface area contributed by atoms with Crippen molar-refractivity contribution in [1.82, 2.24) is 4.90 Å². The average molecular weight is 897 g/mol. The van der Waals surface area contributed by atoms with Gasteiger partial charge in [-0.05, 0) is 101 Å². The van der Waals surface area contributed by atoms with E-state index in [-0.39, 0.29) is 49.5 Å². The second kappa shape index (κ2) is 23.1. The topological polar surface area (TPSA) is 205 Å². The molecule has 15 nitrogen and oxygen atoms in total. The van der Waals surface area contributed by atoms with Crippen LogP contribution in [-0.4, -0.2) is 126 Å². The van der Waals surface area contributed by atoms with Gasteiger partial charge in [-0.15, -0.1) is 0 Å². The van der Waals surface area contributed by atoms with Gasteiger partial charge in [0.1, 0.15) is 24.0 Å². The van der Waals surface area contributed by atoms with Crippen LogP contribution in [0.3, 0.4) is 0 Å². The zero-order valence-corrected chi connectivity index (χ0v) is 38.9. The molecule has 1 aromatic heterocycles. The number of allylic oxidation sites excluding steroid dienone is 4. The van der Waals surface area contributed by atoms with Crippen molar-refractivity contribution < 1.29 is 62.9 Å². The molecule has 1 amide bonds. The molecule has 356 valence electrons. The van der Waals surface area contributed by atoms with Gasteiger partial charge in [-0.1, -0.05) is 50.6 Å². The number of methoxy groups -OCH3 is 3. The molecule has 4 heterocycles. The first-order valence-electron chi connectivity index (χ1n) is 23.0. The number of ether oxygens (including phenoxy) is 5. The Morgan fingerprint density at radius 1 is 0.922 bits per heavy atom. The molecule has 14 atom stereocenters. The van der Waals surface area contributed by atoms with Crippen molar-refractivity contribution in [2.24, 2.45) is 29.6 Å². The van der Waals surface area contributed by atoms with Crippen molar-refractivity contribution in [3.05, 3.63) is 64.7 Å². The van der Waals surface area contributed by atoms with Crippen LogP contribution in [0.4, 0.5) is 0 Å². The molecule has 2 bridgehead atoms. The lowest BCUT2D eigenvalue weighted by atomic mass is 9.81. The molecule has 3 aliphatic heterocycles. The third kappa shape index (κ3) is 12.5. The number of rotatable bonds is 8. The number of nitrogens with zero attached hydrogens (tertiary/aromatic N) is 2. The lowest BCUT2D eigenvalue weighted by Gasteiger charge is -2.47. The number of aromatic nitrogens is 1. The van der Waals surface area contributed by atoms with Gasteiger partial charge in [0.25, 0.3) is 11.7 Å². The molecular weight excluding hydrogens is 825 g/mol. The Kier molecular flexibility index (Phi) is 18.4. The van der Waals surface area contributed by atoms with E-state index >= 15 is 0 Å². The highest BCUT2D eigenvalue weighted by Gasteiger charge is 2.56. The van der Waals surface area contributed by atoms with E-state index in [0.29, 0.717) is 61.7 Å². The van der Waals surface area contributed by atoms with Crippen LogP contribution in [0.25, 0.3) is 6.08 Å². The number of carbonyl (C=O) groups excluding carboxylic acids is 4. The van der Waals surface area contributed by atoms with Crippen molar-refractivity contribution in [3.63, 3.8) is 0 Å². The Morgan fingerprint density at radius 2 is 1.59 bits per heavy atom. The Bertz CT molecular complexity index is 1850. The molecule has 2 saturated heterocycles. The number of ketones is 2. The molecule has 1 aliphatic carbocycles. The van der Waals surface area contributed by atoms with E-state index in [4.69, 9.17) is 23.7 Å². The molecule has 4 aliphatic rings. The fourth-order valence-electron chi connectivity index (χ4n) is 10.1. The molecule has 15 heteroatoms. The van der Waals surface area contributed by atoms with Gasteiger partial charge < -0.3 is 49.1 Å². The van der Waals surface area contributed by atoms with Crippen molar-refractivity contribution >= 4 is 29.5 Å². The van der Waals surface area contributed by atoms with E-state index in [2.05, 4.69) is 0 Å². The first-order valence-corrected chi connectivity index (χ1v) is 23.0. The number of carbonyl (C=O) groups is 4. The Hall–Kier alpha value is -3.83. The normalized spacial score (nSPS) is 37.9. The van der Waals surface area contributed by atoms with Gasteiger partial charge in [0.05, 0.1) is 30.5 Å². The van der Waals surface area contributed by atoms with Crippen molar-refractivity contribution in [3.8, 4) is 0 Å². The number of aliphatic hydroxyl groups excluding tert-OH is 2. The summed E-state index contributed by atoms with van der Waals surface area (Å²) in [4.78, 5) is 58.6. The standard InChI is InChI=1S/C49H72N2O13/c1-29-22-30(2)24-42(61-7)45-43(62-8)26-32(4)49(58,64-45)46(55)47(56)51-19-10-9-14-37(51)48(57)63-44(31(3)25-35-15-16-38(52)41(27-35)60-6)33(5)39(53)28-40(54)36(23-29)13-11-12-34-17-20-50(59)21-18-34/h11-12,17-18,20-21,23,25,30,32-33,35-39,41-45,52-53,58H,9-10,13-16,19,22,24,26-28H2,1-8H3/b12-11+,29-23+,31-25+/t30-,32+,33+,35-,36+,37-,38+,39-,41+,42?,43?,44+,45+,49+/m0/s1. The summed E-state index contributed by atoms with van der Waals surface area (Å²) in [5, 5.41) is 46.2. The number of fused-ring (bicyclic) bond motifs is 3. The summed E-state index contributed by atoms with van der Waals surface area (Å²) >= 11 is 0. The molecule has 3 N–H and O–H groups in total. The third-order valence-corrected chi connectivity index (χ3v) is 14.0. The number of piperidine rings is 1. The van der Waals surface area contributed by atoms with Crippen LogP contribution < -0.4 is 4.73 Å². The fourth-order valence-corrected chi connectivity index (χ4v) is 10.1. The maximum absolute atomic E-state index is 14.5. The predicted molar refractivity (Wildman–Crippen MR) is 237 cm³/mol. The van der Waals surface area contributed by atoms with Crippen LogP contribution in [0.1, 0.15) is 111 Å². The van der Waals surface area contributed by atoms with E-state index in [1.165, 1.54) is 31.5 Å². The Morgan fingerprint density at radius 3 is 2.27 bits per heavy atom. The number of amides is 1. The number of cyclic esters (lactones) is 1. The van der Waals surface area contributed by atoms with E-state index < -0.39 is 83.9 Å². The van der Waals surface area contributed by atoms with Crippen LogP contribution in [0.15, 0.2) is 53.9 Å². The van der Waals surface area contributed by atoms with Crippen LogP contribution in [0.5, 0.6) is 0 Å². The molecular formula is C49H72N2O13. The van der Waals surface area contributed by atoms with Gasteiger partial charge in [0.15, 0.2) is 12.4 Å². The van der Waals surface area contributed by atoms with Crippen LogP contribution in [0.2, 0.25) is 0 Å². The summed E-state index contributed by atoms with van der Waals surface area (Å²) in [5.74, 6) is -8.13. The lowest BCUT2D eigenvalue weighted by molar-refractivity contribution is -0.605. The van der Waals surface area contributed by atoms with E-state index in [0.717, 1.165) is 11.1 Å². The number of esters is 1. The fraction of sp³-hybridized carbons (Fsp3) is 0.694. The summed E-state index contributed by atoms with van der Waals surface area (Å²) in [7, 11) is 4.59. The number of pyridine rings is 1. The Labute approximate surface area is 378 Å². The lowest BCUT2D eigenvalue weighted by Crippen LogP contribution is -2.64. The zero-order valence-electron chi connectivity index (χ0n) is 38.9. The van der Waals surface area contributed by atoms with Crippen molar-refractivity contribution in [2.75, 3.05) is 27.9 Å². The SMILES string of the molecule is COC1C[C@@H](C)C/C(C)=C/[C@@H](C/C=C/c2cc[n+]([O-])cc2)C(=O)C[C@H](O)[C@@H](C)[C@@H](/C(C)=C/[C@@H]2CC[C@@H](O)[C@H](OC)C2)OC(=O)[C@@H]2CCCCN2C(=O)C(=O)[C@]2(O)O[C@H]1C(OC)C[C@H]2C. The molecule has 2 unspecified atom stereocenters. The Balaban J connectivity index is 1.55. The summed E-state index contributed by atoms with van der Waals surface area (Å²) < 4.78 is 30.6. The van der Waals surface area contributed by atoms with E-state index in [1.54, 1.807) is 40.0 Å². The van der Waals surface area contributed by atoms with Gasteiger partial charge in [0.2, 0.25) is 5.79 Å². The molecule has 0 aromatic carbocycles. The summed E-state index contributed by atoms with van der Waals surface area (Å²) in [6, 6.07) is 2.18. The van der Waals surface area contributed by atoms with Gasteiger partial charge in [0, 0.05) is 64.2 Å². The van der Waals surface area contributed by atoms with E-state index in [9.17, 15) is 39.7 Å². The zero-order chi connectivity index (χ0) is 46.9. The predicted octanol–water partition coefficient (Wildman–Crippen LogP) is 4.80. The quantitative estimate of drug-likeness (QED) is 0.106. The van der Waals surface area contributed by atoms with Gasteiger partial charge in [-0.25, -0.2) is 4.79 Å². The highest BCUT2D eigenvalue weighted by atomic mass is 16.7. The van der Waals surface area contributed by atoms with Gasteiger partial charge in [-0.3, -0.25) is 14.4 Å². The molecule has 3 fully saturated rings. The molecule has 0 spiro atoms. The van der Waals surface area contributed by atoms with Crippen LogP contribution >= 0.6 is 0 Å². The van der Waals surface area contributed by atoms with Crippen LogP contribution in [0, 0.1) is 34.8 Å². The minimum Gasteiger partial charge on any atom is -0.619 e. The summed E-state index contributed by atoms with van der Waals surface area (Å²) in [6.07, 6.45) is 9.14. The van der Waals surface area contributed by atoms with Gasteiger partial charge >= 0.3 is 5.97 Å². The molecule has 0 radical (unpaired) electrons. The third-order valence-electron chi connectivity index (χ3n) is 14.0. The van der Waals surface area contributed by atoms with E-state index in [1.807, 2.05) is 38.2 Å². The number of hydrogen-bond acceptors (Lipinski definition) is 13. The monoisotopic (exact) mass is 897 g/mol. The summed E-state index contributed by atoms with van der Waals surface area (Å²) in [5.41, 5.74) is 2.33. The highest BCUT2D eigenvalue weighted by molar-refractivity contribution is 6.39. The number of aliphatic hydroxyl groups is 3. The average Bonchev–Trinajstić information content (AvgIpc) is 3.27. The summed E-state index contributed by atoms with van der Waals surface area (Å²) in [6.45, 7) is 9.19. The molecule has 1 aromatic rings. The smallest absolute Gasteiger partial charge is 0.329 e. The van der Waals surface area contributed by atoms with Crippen LogP contribution in [-0.2, 0) is 42.9 Å². The van der Waals surface area contributed by atoms with Gasteiger partial charge in [-0.2, -0.15) is 4.73 Å². The minimum absolute atomic E-state index is 0.0406. The second-order valence-corrected chi connectivity index (χ2v) is 18.9. The first-order chi connectivity index (χ1) is 30.4. The largest absolute Gasteiger partial charge is 0.619 e. The molecule has 64 heavy (non-hydrogen) atoms. The second-order valence-electron chi connectivity index (χ2n) is 18.9. The number of Topliss-reactive ketones (excluding diaryl/α,β-unsaturated/α-hetero) is 2. The maximum Gasteiger partial charge on any atom is 0.329 e. The van der Waals surface area contributed by atoms with Crippen molar-refractivity contribution in [1.29, 1.82) is 0 Å². The van der Waals surface area contributed by atoms with Crippen molar-refractivity contribution in [2.45, 2.75) is 160 Å². The minimum atomic E-state index is -2.54. The molecule has 1 saturated carbocycles. The maximum atomic E-state index is 14.5. The molecule has 5 rings (SSSR count). The first kappa shape index (κ1) is 51.2. The number of hydrogen-bond donors (Lipinski definition) is 3. The highest BCUT2D eigenvalue weighted by Crippen LogP contribution is 2.39.